The van der Waals surface area contributed by atoms with Gasteiger partial charge in [-0.3, -0.25) is 9.59 Å². The molecule has 0 unspecified atom stereocenters. The summed E-state index contributed by atoms with van der Waals surface area (Å²) in [6, 6.07) is 12.5. The third kappa shape index (κ3) is 6.30. The molecule has 8 heteroatoms. The fourth-order valence-corrected chi connectivity index (χ4v) is 3.19. The van der Waals surface area contributed by atoms with Gasteiger partial charge in [0.15, 0.2) is 11.5 Å². The molecule has 0 aliphatic heterocycles. The molecular weight excluding hydrogens is 422 g/mol. The normalized spacial score (nSPS) is 11.0. The van der Waals surface area contributed by atoms with Gasteiger partial charge in [0.2, 0.25) is 5.91 Å². The number of carbonyl (C=O) groups excluding carboxylic acids is 1. The molecule has 3 rings (SSSR count). The number of methoxy groups -OCH3 is 2. The van der Waals surface area contributed by atoms with Crippen molar-refractivity contribution >= 4 is 22.9 Å². The Balaban J connectivity index is 1.79. The Morgan fingerprint density at radius 3 is 2.76 bits per heavy atom. The van der Waals surface area contributed by atoms with Crippen molar-refractivity contribution in [3.63, 3.8) is 0 Å². The van der Waals surface area contributed by atoms with Crippen molar-refractivity contribution in [3.05, 3.63) is 82.9 Å². The van der Waals surface area contributed by atoms with E-state index < -0.39 is 0 Å². The first-order valence-electron chi connectivity index (χ1n) is 10.4. The lowest BCUT2D eigenvalue weighted by Crippen LogP contribution is -2.33. The number of fused-ring (bicyclic) bond motifs is 1. The number of para-hydroxylation sites is 1. The Hall–Kier alpha value is -3.91. The molecule has 0 radical (unpaired) electrons. The molecule has 0 fully saturated rings. The van der Waals surface area contributed by atoms with Gasteiger partial charge in [-0.2, -0.15) is 0 Å². The van der Waals surface area contributed by atoms with Gasteiger partial charge in [-0.15, -0.1) is 0 Å². The van der Waals surface area contributed by atoms with Gasteiger partial charge in [-0.1, -0.05) is 30.9 Å². The van der Waals surface area contributed by atoms with Crippen molar-refractivity contribution in [2.45, 2.75) is 6.54 Å². The second kappa shape index (κ2) is 11.6. The molecule has 33 heavy (non-hydrogen) atoms. The minimum absolute atomic E-state index is 0.143. The van der Waals surface area contributed by atoms with E-state index in [9.17, 15) is 9.59 Å². The highest BCUT2D eigenvalue weighted by atomic mass is 16.5. The topological polar surface area (TPSA) is 93.7 Å². The lowest BCUT2D eigenvalue weighted by molar-refractivity contribution is -0.127. The number of aromatic nitrogens is 2. The maximum absolute atomic E-state index is 12.9. The lowest BCUT2D eigenvalue weighted by atomic mass is 10.2. The van der Waals surface area contributed by atoms with Crippen LogP contribution in [0.2, 0.25) is 0 Å². The fraction of sp³-hybridized carbons (Fsp3) is 0.240. The summed E-state index contributed by atoms with van der Waals surface area (Å²) in [5.74, 6) is 1.31. The SMILES string of the molecule is C=CCOc1ccc(C=CC(=O)N(CCOC)Cc2nc3ccccc3c(=O)[nH]2)cc1OC. The molecule has 0 atom stereocenters. The Labute approximate surface area is 192 Å². The molecule has 1 heterocycles. The molecule has 0 saturated carbocycles. The number of ether oxygens (including phenoxy) is 3. The van der Waals surface area contributed by atoms with Crippen LogP contribution in [0, 0.1) is 0 Å². The van der Waals surface area contributed by atoms with E-state index in [0.29, 0.717) is 48.0 Å². The van der Waals surface area contributed by atoms with E-state index in [1.54, 1.807) is 61.6 Å². The second-order valence-corrected chi connectivity index (χ2v) is 7.13. The van der Waals surface area contributed by atoms with Crippen molar-refractivity contribution < 1.29 is 19.0 Å². The number of hydrogen-bond donors (Lipinski definition) is 1. The van der Waals surface area contributed by atoms with Crippen molar-refractivity contribution in [1.82, 2.24) is 14.9 Å². The van der Waals surface area contributed by atoms with Gasteiger partial charge in [0.05, 0.1) is 31.2 Å². The second-order valence-electron chi connectivity index (χ2n) is 7.13. The van der Waals surface area contributed by atoms with Crippen LogP contribution in [0.15, 0.2) is 66.0 Å². The maximum atomic E-state index is 12.9. The molecule has 1 aromatic heterocycles. The highest BCUT2D eigenvalue weighted by Gasteiger charge is 2.14. The maximum Gasteiger partial charge on any atom is 0.258 e. The summed E-state index contributed by atoms with van der Waals surface area (Å²) in [4.78, 5) is 34.1. The number of H-pyrrole nitrogens is 1. The van der Waals surface area contributed by atoms with E-state index in [0.717, 1.165) is 5.56 Å². The summed E-state index contributed by atoms with van der Waals surface area (Å²) >= 11 is 0. The third-order valence-electron chi connectivity index (χ3n) is 4.84. The van der Waals surface area contributed by atoms with Gasteiger partial charge < -0.3 is 24.1 Å². The number of rotatable bonds is 11. The number of hydrogen-bond acceptors (Lipinski definition) is 6. The number of nitrogens with zero attached hydrogens (tertiary/aromatic N) is 2. The summed E-state index contributed by atoms with van der Waals surface area (Å²) in [6.45, 7) is 4.83. The van der Waals surface area contributed by atoms with Gasteiger partial charge in [-0.25, -0.2) is 4.98 Å². The average molecular weight is 450 g/mol. The lowest BCUT2D eigenvalue weighted by Gasteiger charge is -2.20. The minimum atomic E-state index is -0.242. The summed E-state index contributed by atoms with van der Waals surface area (Å²) in [5, 5.41) is 0.505. The van der Waals surface area contributed by atoms with E-state index >= 15 is 0 Å². The summed E-state index contributed by atoms with van der Waals surface area (Å²) in [6.07, 6.45) is 4.81. The molecule has 0 aliphatic rings. The van der Waals surface area contributed by atoms with E-state index in [-0.39, 0.29) is 18.0 Å². The Kier molecular flexibility index (Phi) is 8.37. The average Bonchev–Trinajstić information content (AvgIpc) is 2.84. The first kappa shape index (κ1) is 23.7. The molecule has 0 saturated heterocycles. The predicted molar refractivity (Wildman–Crippen MR) is 127 cm³/mol. The van der Waals surface area contributed by atoms with Gasteiger partial charge in [0, 0.05) is 19.7 Å². The highest BCUT2D eigenvalue weighted by molar-refractivity contribution is 5.91. The molecule has 3 aromatic rings. The number of nitrogens with one attached hydrogen (secondary N) is 1. The van der Waals surface area contributed by atoms with Crippen molar-refractivity contribution in [2.75, 3.05) is 34.0 Å². The standard InChI is InChI=1S/C25H27N3O5/c1-4-14-33-21-11-9-18(16-22(21)32-3)10-12-24(29)28(13-15-31-2)17-23-26-20-8-6-5-7-19(20)25(30)27-23/h4-12,16H,1,13-15,17H2,2-3H3,(H,26,27,30). The van der Waals surface area contributed by atoms with Crippen LogP contribution in [-0.2, 0) is 16.1 Å². The molecule has 0 bridgehead atoms. The predicted octanol–water partition coefficient (Wildman–Crippen LogP) is 3.18. The number of amides is 1. The molecule has 1 N–H and O–H groups in total. The summed E-state index contributed by atoms with van der Waals surface area (Å²) < 4.78 is 16.1. The fourth-order valence-electron chi connectivity index (χ4n) is 3.19. The van der Waals surface area contributed by atoms with E-state index in [4.69, 9.17) is 14.2 Å². The monoisotopic (exact) mass is 449 g/mol. The summed E-state index contributed by atoms with van der Waals surface area (Å²) in [7, 11) is 3.12. The molecule has 8 nitrogen and oxygen atoms in total. The van der Waals surface area contributed by atoms with Crippen LogP contribution in [0.5, 0.6) is 11.5 Å². The van der Waals surface area contributed by atoms with Crippen LogP contribution < -0.4 is 15.0 Å². The zero-order valence-electron chi connectivity index (χ0n) is 18.7. The quantitative estimate of drug-likeness (QED) is 0.357. The minimum Gasteiger partial charge on any atom is -0.493 e. The van der Waals surface area contributed by atoms with Crippen LogP contribution >= 0.6 is 0 Å². The molecular formula is C25H27N3O5. The zero-order chi connectivity index (χ0) is 23.6. The first-order valence-corrected chi connectivity index (χ1v) is 10.4. The van der Waals surface area contributed by atoms with Gasteiger partial charge in [-0.05, 0) is 35.9 Å². The number of carbonyl (C=O) groups is 1. The summed E-state index contributed by atoms with van der Waals surface area (Å²) in [5.41, 5.74) is 1.11. The van der Waals surface area contributed by atoms with Crippen LogP contribution in [0.25, 0.3) is 17.0 Å². The third-order valence-corrected chi connectivity index (χ3v) is 4.84. The molecule has 2 aromatic carbocycles. The van der Waals surface area contributed by atoms with E-state index in [2.05, 4.69) is 16.5 Å². The first-order chi connectivity index (χ1) is 16.0. The number of aromatic amines is 1. The smallest absolute Gasteiger partial charge is 0.258 e. The zero-order valence-corrected chi connectivity index (χ0v) is 18.7. The van der Waals surface area contributed by atoms with Gasteiger partial charge in [0.25, 0.3) is 5.56 Å². The van der Waals surface area contributed by atoms with Crippen LogP contribution in [0.4, 0.5) is 0 Å². The van der Waals surface area contributed by atoms with Gasteiger partial charge in [0.1, 0.15) is 12.4 Å². The highest BCUT2D eigenvalue weighted by Crippen LogP contribution is 2.28. The van der Waals surface area contributed by atoms with Crippen LogP contribution in [0.3, 0.4) is 0 Å². The largest absolute Gasteiger partial charge is 0.493 e. The van der Waals surface area contributed by atoms with Crippen LogP contribution in [0.1, 0.15) is 11.4 Å². The van der Waals surface area contributed by atoms with E-state index in [1.165, 1.54) is 6.08 Å². The Bertz CT molecular complexity index is 1200. The van der Waals surface area contributed by atoms with Crippen LogP contribution in [-0.4, -0.2) is 54.8 Å². The Morgan fingerprint density at radius 2 is 2.00 bits per heavy atom. The number of benzene rings is 2. The molecule has 0 aliphatic carbocycles. The molecule has 172 valence electrons. The van der Waals surface area contributed by atoms with Crippen molar-refractivity contribution in [2.24, 2.45) is 0 Å². The van der Waals surface area contributed by atoms with E-state index in [1.807, 2.05) is 12.1 Å². The van der Waals surface area contributed by atoms with Crippen molar-refractivity contribution in [1.29, 1.82) is 0 Å². The molecule has 1 amide bonds. The molecule has 0 spiro atoms. The van der Waals surface area contributed by atoms with Crippen molar-refractivity contribution in [3.8, 4) is 11.5 Å². The Morgan fingerprint density at radius 1 is 1.18 bits per heavy atom. The van der Waals surface area contributed by atoms with Gasteiger partial charge >= 0.3 is 0 Å².